The predicted molar refractivity (Wildman–Crippen MR) is 124 cm³/mol. The van der Waals surface area contributed by atoms with Crippen LogP contribution in [-0.2, 0) is 0 Å². The summed E-state index contributed by atoms with van der Waals surface area (Å²) in [7, 11) is 0. The van der Waals surface area contributed by atoms with Gasteiger partial charge in [-0.1, -0.05) is 64.7 Å². The number of benzene rings is 1. The summed E-state index contributed by atoms with van der Waals surface area (Å²) in [6, 6.07) is 3.77. The van der Waals surface area contributed by atoms with Crippen molar-refractivity contribution >= 4 is 0 Å². The van der Waals surface area contributed by atoms with Crippen LogP contribution in [0.25, 0.3) is 11.4 Å². The summed E-state index contributed by atoms with van der Waals surface area (Å²) in [6.45, 7) is 2.26. The van der Waals surface area contributed by atoms with E-state index in [1.807, 2.05) is 0 Å². The number of hydrogen-bond acceptors (Lipinski definition) is 3. The lowest BCUT2D eigenvalue weighted by atomic mass is 9.77. The quantitative estimate of drug-likeness (QED) is 0.332. The average molecular weight is 440 g/mol. The molecule has 2 aromatic rings. The number of nitriles is 1. The Kier molecular flexibility index (Phi) is 9.59. The highest BCUT2D eigenvalue weighted by atomic mass is 19.1. The van der Waals surface area contributed by atoms with Gasteiger partial charge in [0.15, 0.2) is 5.82 Å². The topological polar surface area (TPSA) is 49.6 Å². The van der Waals surface area contributed by atoms with Gasteiger partial charge in [0.25, 0.3) is 0 Å². The van der Waals surface area contributed by atoms with Crippen LogP contribution in [0.4, 0.5) is 8.78 Å². The van der Waals surface area contributed by atoms with E-state index < -0.39 is 17.2 Å². The van der Waals surface area contributed by atoms with E-state index in [1.165, 1.54) is 76.7 Å². The number of unbranched alkanes of at least 4 members (excludes halogenated alkanes) is 7. The van der Waals surface area contributed by atoms with Crippen LogP contribution < -0.4 is 0 Å². The Labute approximate surface area is 191 Å². The Morgan fingerprint density at radius 3 is 2.00 bits per heavy atom. The molecule has 0 amide bonds. The molecule has 0 aliphatic heterocycles. The molecule has 3 nitrogen and oxygen atoms in total. The van der Waals surface area contributed by atoms with E-state index in [0.717, 1.165) is 36.5 Å². The Morgan fingerprint density at radius 2 is 1.44 bits per heavy atom. The van der Waals surface area contributed by atoms with E-state index >= 15 is 0 Å². The first-order valence-electron chi connectivity index (χ1n) is 12.3. The lowest BCUT2D eigenvalue weighted by molar-refractivity contribution is 0.301. The van der Waals surface area contributed by atoms with Crippen LogP contribution in [0.3, 0.4) is 0 Å². The smallest absolute Gasteiger partial charge is 0.159 e. The van der Waals surface area contributed by atoms with Gasteiger partial charge in [-0.3, -0.25) is 0 Å². The van der Waals surface area contributed by atoms with Crippen LogP contribution in [0, 0.1) is 28.9 Å². The normalized spacial score (nSPS) is 18.4. The maximum absolute atomic E-state index is 13.9. The second-order valence-electron chi connectivity index (χ2n) is 9.25. The van der Waals surface area contributed by atoms with Gasteiger partial charge in [0.2, 0.25) is 0 Å². The highest BCUT2D eigenvalue weighted by Crippen LogP contribution is 2.37. The van der Waals surface area contributed by atoms with Gasteiger partial charge in [-0.25, -0.2) is 18.7 Å². The zero-order valence-electron chi connectivity index (χ0n) is 19.3. The molecule has 0 N–H and O–H groups in total. The Morgan fingerprint density at radius 1 is 0.875 bits per heavy atom. The zero-order valence-corrected chi connectivity index (χ0v) is 19.3. The van der Waals surface area contributed by atoms with Gasteiger partial charge in [-0.15, -0.1) is 0 Å². The third kappa shape index (κ3) is 6.82. The van der Waals surface area contributed by atoms with Crippen molar-refractivity contribution in [2.75, 3.05) is 0 Å². The summed E-state index contributed by atoms with van der Waals surface area (Å²) >= 11 is 0. The largest absolute Gasteiger partial charge is 0.236 e. The molecule has 1 aliphatic rings. The number of nitrogens with zero attached hydrogens (tertiary/aromatic N) is 3. The lowest BCUT2D eigenvalue weighted by Gasteiger charge is -2.28. The molecule has 32 heavy (non-hydrogen) atoms. The van der Waals surface area contributed by atoms with E-state index in [1.54, 1.807) is 12.4 Å². The molecule has 0 atom stereocenters. The first-order chi connectivity index (χ1) is 15.6. The second-order valence-corrected chi connectivity index (χ2v) is 9.25. The molecule has 1 saturated carbocycles. The molecular formula is C27H35F2N3. The van der Waals surface area contributed by atoms with Gasteiger partial charge in [-0.05, 0) is 55.2 Å². The Balaban J connectivity index is 1.42. The van der Waals surface area contributed by atoms with Gasteiger partial charge in [0.05, 0.1) is 0 Å². The third-order valence-corrected chi connectivity index (χ3v) is 6.87. The molecule has 0 bridgehead atoms. The highest BCUT2D eigenvalue weighted by Gasteiger charge is 2.23. The molecule has 1 heterocycles. The fourth-order valence-corrected chi connectivity index (χ4v) is 4.86. The van der Waals surface area contributed by atoms with Crippen molar-refractivity contribution in [1.29, 1.82) is 5.26 Å². The van der Waals surface area contributed by atoms with Crippen molar-refractivity contribution in [3.63, 3.8) is 0 Å². The molecule has 0 unspecified atom stereocenters. The van der Waals surface area contributed by atoms with Crippen LogP contribution in [-0.4, -0.2) is 9.97 Å². The molecule has 1 aliphatic carbocycles. The average Bonchev–Trinajstić information content (AvgIpc) is 2.81. The molecule has 0 saturated heterocycles. The molecule has 172 valence electrons. The maximum atomic E-state index is 13.9. The molecule has 0 radical (unpaired) electrons. The first-order valence-corrected chi connectivity index (χ1v) is 12.3. The molecule has 0 spiro atoms. The van der Waals surface area contributed by atoms with Gasteiger partial charge in [0, 0.05) is 18.0 Å². The maximum Gasteiger partial charge on any atom is 0.159 e. The molecule has 3 rings (SSSR count). The number of rotatable bonds is 11. The van der Waals surface area contributed by atoms with Crippen molar-refractivity contribution in [2.24, 2.45) is 5.92 Å². The number of halogens is 2. The van der Waals surface area contributed by atoms with Crippen LogP contribution in [0.5, 0.6) is 0 Å². The Hall–Kier alpha value is -2.35. The van der Waals surface area contributed by atoms with Gasteiger partial charge < -0.3 is 0 Å². The SMILES string of the molecule is CCCCCCCCCCC1CCC(c2cnc(-c3cc(F)c(C#N)c(F)c3)nc2)CC1. The van der Waals surface area contributed by atoms with Crippen LogP contribution in [0.2, 0.25) is 0 Å². The standard InChI is InChI=1S/C27H35F2N3/c1-2-3-4-5-6-7-8-9-10-20-11-13-21(14-12-20)23-18-31-27(32-19-23)22-15-25(28)24(17-30)26(29)16-22/h15-16,18-21H,2-14H2,1H3. The first kappa shape index (κ1) is 24.3. The van der Waals surface area contributed by atoms with Crippen molar-refractivity contribution in [3.8, 4) is 17.5 Å². The van der Waals surface area contributed by atoms with E-state index in [4.69, 9.17) is 5.26 Å². The van der Waals surface area contributed by atoms with Gasteiger partial charge in [-0.2, -0.15) is 5.26 Å². The summed E-state index contributed by atoms with van der Waals surface area (Å²) in [6.07, 6.45) is 20.8. The summed E-state index contributed by atoms with van der Waals surface area (Å²) in [5.41, 5.74) is 0.780. The monoisotopic (exact) mass is 439 g/mol. The van der Waals surface area contributed by atoms with E-state index in [9.17, 15) is 8.78 Å². The van der Waals surface area contributed by atoms with Gasteiger partial charge in [0.1, 0.15) is 23.3 Å². The number of hydrogen-bond donors (Lipinski definition) is 0. The van der Waals surface area contributed by atoms with Crippen molar-refractivity contribution < 1.29 is 8.78 Å². The van der Waals surface area contributed by atoms with E-state index in [-0.39, 0.29) is 11.4 Å². The van der Waals surface area contributed by atoms with Crippen LogP contribution in [0.15, 0.2) is 24.5 Å². The summed E-state index contributed by atoms with van der Waals surface area (Å²) in [4.78, 5) is 8.70. The zero-order chi connectivity index (χ0) is 22.8. The summed E-state index contributed by atoms with van der Waals surface area (Å²) < 4.78 is 27.8. The van der Waals surface area contributed by atoms with Crippen molar-refractivity contribution in [3.05, 3.63) is 47.3 Å². The fraction of sp³-hybridized carbons (Fsp3) is 0.593. The minimum Gasteiger partial charge on any atom is -0.236 e. The van der Waals surface area contributed by atoms with E-state index in [2.05, 4.69) is 16.9 Å². The van der Waals surface area contributed by atoms with Gasteiger partial charge >= 0.3 is 0 Å². The molecule has 1 aromatic heterocycles. The number of aromatic nitrogens is 2. The van der Waals surface area contributed by atoms with Crippen molar-refractivity contribution in [2.45, 2.75) is 96.3 Å². The molecule has 1 fully saturated rings. The minimum atomic E-state index is -0.884. The lowest BCUT2D eigenvalue weighted by Crippen LogP contribution is -2.14. The Bertz CT molecular complexity index is 858. The minimum absolute atomic E-state index is 0.250. The third-order valence-electron chi connectivity index (χ3n) is 6.87. The fourth-order valence-electron chi connectivity index (χ4n) is 4.86. The molecule has 5 heteroatoms. The predicted octanol–water partition coefficient (Wildman–Crippen LogP) is 8.10. The van der Waals surface area contributed by atoms with Crippen LogP contribution >= 0.6 is 0 Å². The second kappa shape index (κ2) is 12.6. The van der Waals surface area contributed by atoms with E-state index in [0.29, 0.717) is 5.92 Å². The summed E-state index contributed by atoms with van der Waals surface area (Å²) in [5.74, 6) is -0.182. The molecular weight excluding hydrogens is 404 g/mol. The van der Waals surface area contributed by atoms with Crippen LogP contribution in [0.1, 0.15) is 107 Å². The molecule has 1 aromatic carbocycles. The van der Waals surface area contributed by atoms with Crippen molar-refractivity contribution in [1.82, 2.24) is 9.97 Å². The highest BCUT2D eigenvalue weighted by molar-refractivity contribution is 5.57. The summed E-state index contributed by atoms with van der Waals surface area (Å²) in [5, 5.41) is 8.81.